The third-order valence-electron chi connectivity index (χ3n) is 8.30. The molecule has 1 aromatic heterocycles. The molecule has 1 fully saturated rings. The van der Waals surface area contributed by atoms with E-state index < -0.39 is 5.54 Å². The van der Waals surface area contributed by atoms with Crippen molar-refractivity contribution in [3.8, 4) is 11.3 Å². The maximum Gasteiger partial charge on any atom is 0.169 e. The number of likely N-dealkylation sites (tertiary alicyclic amines) is 1. The molecule has 0 N–H and O–H groups in total. The quantitative estimate of drug-likeness (QED) is 0.280. The van der Waals surface area contributed by atoms with Gasteiger partial charge in [-0.25, -0.2) is 9.97 Å². The first-order valence-corrected chi connectivity index (χ1v) is 12.8. The van der Waals surface area contributed by atoms with Crippen LogP contribution in [0.3, 0.4) is 0 Å². The summed E-state index contributed by atoms with van der Waals surface area (Å²) in [4.78, 5) is 27.4. The van der Waals surface area contributed by atoms with E-state index in [0.29, 0.717) is 0 Å². The highest BCUT2D eigenvalue weighted by atomic mass is 16.1. The summed E-state index contributed by atoms with van der Waals surface area (Å²) in [5.41, 5.74) is 8.10. The number of fused-ring (bicyclic) bond motifs is 6. The number of carbonyl (C=O) groups is 1. The van der Waals surface area contributed by atoms with Crippen LogP contribution in [-0.4, -0.2) is 34.2 Å². The van der Waals surface area contributed by atoms with Gasteiger partial charge in [-0.2, -0.15) is 0 Å². The maximum atomic E-state index is 14.6. The van der Waals surface area contributed by atoms with E-state index >= 15 is 0 Å². The third-order valence-corrected chi connectivity index (χ3v) is 8.30. The Morgan fingerprint density at radius 3 is 2.22 bits per heavy atom. The molecule has 2 aliphatic rings. The van der Waals surface area contributed by atoms with Crippen LogP contribution in [0.4, 0.5) is 0 Å². The number of benzene rings is 4. The molecule has 1 spiro atoms. The summed E-state index contributed by atoms with van der Waals surface area (Å²) in [6, 6.07) is 34.8. The Balaban J connectivity index is 1.55. The van der Waals surface area contributed by atoms with E-state index in [-0.39, 0.29) is 17.6 Å². The fourth-order valence-electron chi connectivity index (χ4n) is 6.64. The Morgan fingerprint density at radius 1 is 0.811 bits per heavy atom. The average Bonchev–Trinajstić information content (AvgIpc) is 3.40. The Morgan fingerprint density at radius 2 is 1.46 bits per heavy atom. The highest BCUT2D eigenvalue weighted by Crippen LogP contribution is 2.60. The second-order valence-electron chi connectivity index (χ2n) is 10.3. The van der Waals surface area contributed by atoms with E-state index in [1.807, 2.05) is 54.6 Å². The summed E-state index contributed by atoms with van der Waals surface area (Å²) in [6.07, 6.45) is 0. The van der Waals surface area contributed by atoms with E-state index in [1.165, 1.54) is 11.1 Å². The van der Waals surface area contributed by atoms with Gasteiger partial charge in [0.2, 0.25) is 0 Å². The number of aryl methyl sites for hydroxylation is 1. The predicted molar refractivity (Wildman–Crippen MR) is 147 cm³/mol. The van der Waals surface area contributed by atoms with Crippen LogP contribution < -0.4 is 0 Å². The molecule has 4 nitrogen and oxygen atoms in total. The lowest BCUT2D eigenvalue weighted by Gasteiger charge is -2.38. The van der Waals surface area contributed by atoms with Gasteiger partial charge in [0.15, 0.2) is 5.78 Å². The van der Waals surface area contributed by atoms with Gasteiger partial charge < -0.3 is 0 Å². The Hall–Kier alpha value is -4.15. The van der Waals surface area contributed by atoms with E-state index in [0.717, 1.165) is 45.7 Å². The molecule has 0 radical (unpaired) electrons. The van der Waals surface area contributed by atoms with E-state index in [1.54, 1.807) is 0 Å². The van der Waals surface area contributed by atoms with Crippen LogP contribution in [0, 0.1) is 12.8 Å². The lowest BCUT2D eigenvalue weighted by atomic mass is 9.70. The van der Waals surface area contributed by atoms with Gasteiger partial charge in [-0.1, -0.05) is 96.6 Å². The van der Waals surface area contributed by atoms with Crippen LogP contribution in [0.15, 0.2) is 103 Å². The highest BCUT2D eigenvalue weighted by molar-refractivity contribution is 6.01. The molecule has 1 aliphatic heterocycles. The van der Waals surface area contributed by atoms with Gasteiger partial charge in [-0.05, 0) is 37.2 Å². The van der Waals surface area contributed by atoms with Gasteiger partial charge in [0, 0.05) is 23.6 Å². The van der Waals surface area contributed by atoms with Crippen molar-refractivity contribution in [1.82, 2.24) is 14.9 Å². The van der Waals surface area contributed by atoms with Crippen molar-refractivity contribution in [2.24, 2.45) is 5.92 Å². The van der Waals surface area contributed by atoms with Crippen LogP contribution in [0.25, 0.3) is 22.3 Å². The largest absolute Gasteiger partial charge is 0.294 e. The van der Waals surface area contributed by atoms with Gasteiger partial charge >= 0.3 is 0 Å². The van der Waals surface area contributed by atoms with Crippen molar-refractivity contribution in [3.05, 3.63) is 131 Å². The molecule has 7 rings (SSSR count). The minimum atomic E-state index is -0.717. The summed E-state index contributed by atoms with van der Waals surface area (Å²) < 4.78 is 0. The number of nitrogens with zero attached hydrogens (tertiary/aromatic N) is 3. The molecular weight excluding hydrogens is 454 g/mol. The molecule has 1 saturated heterocycles. The molecule has 4 heteroatoms. The van der Waals surface area contributed by atoms with Crippen molar-refractivity contribution < 1.29 is 4.79 Å². The average molecular weight is 482 g/mol. The first kappa shape index (κ1) is 22.1. The zero-order chi connectivity index (χ0) is 25.1. The number of likely N-dealkylation sites (N-methyl/N-ethyl adjacent to an activating group) is 1. The Kier molecular flexibility index (Phi) is 4.89. The number of hydrogen-bond acceptors (Lipinski definition) is 4. The summed E-state index contributed by atoms with van der Waals surface area (Å²) in [5.74, 6) is -0.209. The van der Waals surface area contributed by atoms with Crippen molar-refractivity contribution in [2.75, 3.05) is 13.6 Å². The molecule has 1 aliphatic carbocycles. The number of para-hydroxylation sites is 2. The van der Waals surface area contributed by atoms with Crippen LogP contribution in [0.2, 0.25) is 0 Å². The predicted octanol–water partition coefficient (Wildman–Crippen LogP) is 6.39. The number of Topliss-reactive ketones (excluding diaryl/α,β-unsaturated/α-hetero) is 1. The summed E-state index contributed by atoms with van der Waals surface area (Å²) in [5, 5.41) is 0. The van der Waals surface area contributed by atoms with Gasteiger partial charge in [-0.3, -0.25) is 9.69 Å². The van der Waals surface area contributed by atoms with Crippen LogP contribution in [-0.2, 0) is 5.54 Å². The number of rotatable bonds is 3. The normalized spacial score (nSPS) is 22.3. The first-order valence-electron chi connectivity index (χ1n) is 12.8. The minimum absolute atomic E-state index is 0.00517. The standard InChI is InChI=1S/C33H27N3O/c1-21-16-18-22(19-17-21)25-20-36(2)33(29(25)31(37)23-10-4-3-5-11-23)26-13-7-6-12-24(26)30-32(33)35-28-15-9-8-14-27(28)34-30/h3-19,25,29H,20H2,1-2H3/t25-,29+,33?/m0/s1. The van der Waals surface area contributed by atoms with Crippen LogP contribution in [0.5, 0.6) is 0 Å². The minimum Gasteiger partial charge on any atom is -0.294 e. The molecule has 2 heterocycles. The van der Waals surface area contributed by atoms with Crippen molar-refractivity contribution in [3.63, 3.8) is 0 Å². The van der Waals surface area contributed by atoms with E-state index in [9.17, 15) is 4.79 Å². The molecule has 0 amide bonds. The van der Waals surface area contributed by atoms with Gasteiger partial charge in [0.25, 0.3) is 0 Å². The zero-order valence-corrected chi connectivity index (χ0v) is 20.9. The molecule has 4 aromatic carbocycles. The molecule has 37 heavy (non-hydrogen) atoms. The molecule has 1 unspecified atom stereocenters. The second kappa shape index (κ2) is 8.19. The molecule has 0 saturated carbocycles. The van der Waals surface area contributed by atoms with Gasteiger partial charge in [0.1, 0.15) is 5.54 Å². The Labute approximate surface area is 216 Å². The monoisotopic (exact) mass is 481 g/mol. The third kappa shape index (κ3) is 3.09. The van der Waals surface area contributed by atoms with E-state index in [4.69, 9.17) is 9.97 Å². The van der Waals surface area contributed by atoms with E-state index in [2.05, 4.69) is 67.4 Å². The van der Waals surface area contributed by atoms with Crippen molar-refractivity contribution >= 4 is 16.8 Å². The van der Waals surface area contributed by atoms with Crippen LogP contribution >= 0.6 is 0 Å². The fourth-order valence-corrected chi connectivity index (χ4v) is 6.64. The van der Waals surface area contributed by atoms with Gasteiger partial charge in [-0.15, -0.1) is 0 Å². The smallest absolute Gasteiger partial charge is 0.169 e. The molecule has 5 aromatic rings. The summed E-state index contributed by atoms with van der Waals surface area (Å²) in [7, 11) is 2.14. The number of aromatic nitrogens is 2. The molecule has 180 valence electrons. The Bertz CT molecular complexity index is 1660. The summed E-state index contributed by atoms with van der Waals surface area (Å²) >= 11 is 0. The maximum absolute atomic E-state index is 14.6. The second-order valence-corrected chi connectivity index (χ2v) is 10.3. The van der Waals surface area contributed by atoms with Gasteiger partial charge in [0.05, 0.1) is 28.3 Å². The summed E-state index contributed by atoms with van der Waals surface area (Å²) in [6.45, 7) is 2.84. The molecule has 3 atom stereocenters. The van der Waals surface area contributed by atoms with Crippen molar-refractivity contribution in [1.29, 1.82) is 0 Å². The van der Waals surface area contributed by atoms with Crippen molar-refractivity contribution in [2.45, 2.75) is 18.4 Å². The molecular formula is C33H27N3O. The molecule has 0 bridgehead atoms. The number of carbonyl (C=O) groups excluding carboxylic acids is 1. The number of ketones is 1. The lowest BCUT2D eigenvalue weighted by Crippen LogP contribution is -2.46. The topological polar surface area (TPSA) is 46.1 Å². The highest BCUT2D eigenvalue weighted by Gasteiger charge is 2.62. The SMILES string of the molecule is Cc1ccc([C@@H]2CN(C)C3(c4ccccc4-c4nc5ccccc5nc43)[C@H]2C(=O)c2ccccc2)cc1. The zero-order valence-electron chi connectivity index (χ0n) is 20.9. The van der Waals surface area contributed by atoms with Crippen LogP contribution in [0.1, 0.15) is 38.7 Å². The number of hydrogen-bond donors (Lipinski definition) is 0. The lowest BCUT2D eigenvalue weighted by molar-refractivity contribution is 0.0807. The first-order chi connectivity index (χ1) is 18.1. The fraction of sp³-hybridized carbons (Fsp3) is 0.182.